The van der Waals surface area contributed by atoms with Crippen molar-refractivity contribution in [2.45, 2.75) is 39.9 Å². The van der Waals surface area contributed by atoms with Crippen molar-refractivity contribution in [3.63, 3.8) is 0 Å². The van der Waals surface area contributed by atoms with Gasteiger partial charge in [0, 0.05) is 23.7 Å². The topological polar surface area (TPSA) is 107 Å². The zero-order valence-electron chi connectivity index (χ0n) is 23.7. The summed E-state index contributed by atoms with van der Waals surface area (Å²) >= 11 is -0.750. The fourth-order valence-corrected chi connectivity index (χ4v) is 4.61. The lowest BCUT2D eigenvalue weighted by Gasteiger charge is -2.14. The highest BCUT2D eigenvalue weighted by molar-refractivity contribution is 7.51. The number of aliphatic hydroxyl groups excluding tert-OH is 1. The monoisotopic (exact) mass is 651 g/mol. The Bertz CT molecular complexity index is 1860. The fourth-order valence-electron chi connectivity index (χ4n) is 4.61. The predicted octanol–water partition coefficient (Wildman–Crippen LogP) is 7.53. The molecular weight excluding hydrogens is 628 g/mol. The van der Waals surface area contributed by atoms with E-state index in [1.165, 1.54) is 19.1 Å². The van der Waals surface area contributed by atoms with Gasteiger partial charge >= 0.3 is 24.1 Å². The van der Waals surface area contributed by atoms with Crippen LogP contribution in [0.3, 0.4) is 0 Å². The van der Waals surface area contributed by atoms with Crippen LogP contribution < -0.4 is 4.74 Å². The molecule has 0 bridgehead atoms. The van der Waals surface area contributed by atoms with Gasteiger partial charge in [0.2, 0.25) is 0 Å². The van der Waals surface area contributed by atoms with Crippen LogP contribution in [0.5, 0.6) is 5.75 Å². The Labute approximate surface area is 255 Å². The number of nitrogens with zero attached hydrogens (tertiary/aromatic N) is 3. The summed E-state index contributed by atoms with van der Waals surface area (Å²) in [5, 5.41) is 13.4. The average Bonchev–Trinajstić information content (AvgIpc) is 3.55. The molecule has 0 aliphatic heterocycles. The average molecular weight is 652 g/mol. The number of halogens is 6. The Morgan fingerprint density at radius 1 is 0.867 bits per heavy atom. The lowest BCUT2D eigenvalue weighted by Crippen LogP contribution is -2.16. The number of oxazole rings is 1. The van der Waals surface area contributed by atoms with Crippen LogP contribution in [0.2, 0.25) is 0 Å². The van der Waals surface area contributed by atoms with E-state index in [4.69, 9.17) is 12.8 Å². The first-order valence-corrected chi connectivity index (χ1v) is 13.6. The Hall–Kier alpha value is -4.76. The lowest BCUT2D eigenvalue weighted by molar-refractivity contribution is -0.274. The lowest BCUT2D eigenvalue weighted by atomic mass is 9.96. The van der Waals surface area contributed by atoms with Crippen LogP contribution in [0.4, 0.5) is 26.3 Å². The van der Waals surface area contributed by atoms with E-state index in [2.05, 4.69) is 14.8 Å². The van der Waals surface area contributed by atoms with Crippen molar-refractivity contribution >= 4 is 11.6 Å². The molecule has 0 unspecified atom stereocenters. The van der Waals surface area contributed by atoms with Crippen molar-refractivity contribution < 1.29 is 49.0 Å². The summed E-state index contributed by atoms with van der Waals surface area (Å²) in [5.74, 6) is -0.0133. The van der Waals surface area contributed by atoms with Gasteiger partial charge in [0.05, 0.1) is 12.3 Å². The van der Waals surface area contributed by atoms with E-state index in [9.17, 15) is 31.4 Å². The highest BCUT2D eigenvalue weighted by atomic mass is 32.1. The highest BCUT2D eigenvalue weighted by Crippen LogP contribution is 2.40. The smallest absolute Gasteiger partial charge is 0.440 e. The Kier molecular flexibility index (Phi) is 9.63. The SMILES string of the molecule is Cc1nc(-c2cc(-c3ccc(CO)c(C)c3)ccc2-n2nc(C(F)(F)F)cc2C)c(-c2ccc(OC(F)(F)F)cc2)o1.O=S=O. The molecule has 0 spiro atoms. The van der Waals surface area contributed by atoms with Crippen molar-refractivity contribution in [3.8, 4) is 45.1 Å². The van der Waals surface area contributed by atoms with Crippen molar-refractivity contribution in [2.24, 2.45) is 0 Å². The third-order valence-electron chi connectivity index (χ3n) is 6.59. The minimum Gasteiger partial charge on any atom is -0.440 e. The quantitative estimate of drug-likeness (QED) is 0.189. The van der Waals surface area contributed by atoms with Gasteiger partial charge in [-0.3, -0.25) is 0 Å². The van der Waals surface area contributed by atoms with Gasteiger partial charge in [-0.2, -0.15) is 26.7 Å². The first kappa shape index (κ1) is 33.1. The van der Waals surface area contributed by atoms with Gasteiger partial charge in [-0.05, 0) is 78.6 Å². The van der Waals surface area contributed by atoms with Gasteiger partial charge in [-0.15, -0.1) is 13.2 Å². The van der Waals surface area contributed by atoms with Gasteiger partial charge in [0.25, 0.3) is 0 Å². The summed E-state index contributed by atoms with van der Waals surface area (Å²) in [6, 6.07) is 16.5. The van der Waals surface area contributed by atoms with E-state index in [-0.39, 0.29) is 35.3 Å². The number of hydrogen-bond donors (Lipinski definition) is 1. The van der Waals surface area contributed by atoms with Crippen molar-refractivity contribution in [2.75, 3.05) is 0 Å². The van der Waals surface area contributed by atoms with Gasteiger partial charge in [-0.1, -0.05) is 24.3 Å². The minimum absolute atomic E-state index is 0.134. The highest BCUT2D eigenvalue weighted by Gasteiger charge is 2.35. The molecule has 236 valence electrons. The Balaban J connectivity index is 0.00000148. The number of aromatic nitrogens is 3. The molecule has 0 aliphatic rings. The molecule has 2 aromatic heterocycles. The molecule has 5 rings (SSSR count). The minimum atomic E-state index is -4.87. The number of aliphatic hydroxyl groups is 1. The van der Waals surface area contributed by atoms with Crippen LogP contribution in [-0.2, 0) is 24.4 Å². The van der Waals surface area contributed by atoms with E-state index in [1.807, 2.05) is 19.1 Å². The van der Waals surface area contributed by atoms with Crippen LogP contribution in [-0.4, -0.2) is 34.7 Å². The van der Waals surface area contributed by atoms with Gasteiger partial charge < -0.3 is 14.3 Å². The Morgan fingerprint density at radius 3 is 2.02 bits per heavy atom. The maximum atomic E-state index is 13.5. The van der Waals surface area contributed by atoms with Crippen LogP contribution in [0, 0.1) is 20.8 Å². The molecule has 0 amide bonds. The second-order valence-corrected chi connectivity index (χ2v) is 9.80. The molecule has 0 radical (unpaired) electrons. The number of alkyl halides is 6. The molecule has 0 fully saturated rings. The molecule has 2 heterocycles. The zero-order chi connectivity index (χ0) is 33.1. The summed E-state index contributed by atoms with van der Waals surface area (Å²) in [5.41, 5.74) is 3.49. The summed E-state index contributed by atoms with van der Waals surface area (Å²) in [4.78, 5) is 4.52. The normalized spacial score (nSPS) is 11.6. The third-order valence-corrected chi connectivity index (χ3v) is 6.59. The maximum absolute atomic E-state index is 13.5. The molecular formula is C30H23F6N3O5S. The van der Waals surface area contributed by atoms with E-state index >= 15 is 0 Å². The summed E-state index contributed by atoms with van der Waals surface area (Å²) in [6.07, 6.45) is -9.53. The van der Waals surface area contributed by atoms with Crippen molar-refractivity contribution in [1.29, 1.82) is 0 Å². The molecule has 0 aliphatic carbocycles. The van der Waals surface area contributed by atoms with Crippen LogP contribution in [0.25, 0.3) is 39.4 Å². The third kappa shape index (κ3) is 7.67. The number of ether oxygens (including phenoxy) is 1. The molecule has 3 aromatic carbocycles. The van der Waals surface area contributed by atoms with Crippen molar-refractivity contribution in [3.05, 3.63) is 95.1 Å². The summed E-state index contributed by atoms with van der Waals surface area (Å²) in [6.45, 7) is 4.78. The molecule has 0 saturated heterocycles. The van der Waals surface area contributed by atoms with E-state index in [1.54, 1.807) is 31.2 Å². The number of hydrogen-bond acceptors (Lipinski definition) is 7. The van der Waals surface area contributed by atoms with Gasteiger partial charge in [0.15, 0.2) is 17.3 Å². The second-order valence-electron chi connectivity index (χ2n) is 9.66. The fraction of sp³-hybridized carbons (Fsp3) is 0.200. The molecule has 1 N–H and O–H groups in total. The largest absolute Gasteiger partial charge is 0.573 e. The first-order chi connectivity index (χ1) is 21.1. The summed E-state index contributed by atoms with van der Waals surface area (Å²) in [7, 11) is 0. The molecule has 5 aromatic rings. The van der Waals surface area contributed by atoms with Gasteiger partial charge in [0.1, 0.15) is 11.4 Å². The maximum Gasteiger partial charge on any atom is 0.573 e. The molecule has 8 nitrogen and oxygen atoms in total. The van der Waals surface area contributed by atoms with E-state index < -0.39 is 35.6 Å². The van der Waals surface area contributed by atoms with Crippen LogP contribution >= 0.6 is 0 Å². The molecule has 0 saturated carbocycles. The van der Waals surface area contributed by atoms with E-state index in [0.717, 1.165) is 39.6 Å². The van der Waals surface area contributed by atoms with Crippen molar-refractivity contribution in [1.82, 2.24) is 14.8 Å². The second kappa shape index (κ2) is 13.1. The summed E-state index contributed by atoms with van der Waals surface area (Å²) < 4.78 is 106. The molecule has 0 atom stereocenters. The van der Waals surface area contributed by atoms with Crippen LogP contribution in [0.15, 0.2) is 71.1 Å². The van der Waals surface area contributed by atoms with Gasteiger partial charge in [-0.25, -0.2) is 9.67 Å². The number of benzene rings is 3. The molecule has 45 heavy (non-hydrogen) atoms. The van der Waals surface area contributed by atoms with E-state index in [0.29, 0.717) is 16.7 Å². The molecule has 15 heteroatoms. The first-order valence-electron chi connectivity index (χ1n) is 12.9. The zero-order valence-corrected chi connectivity index (χ0v) is 24.5. The Morgan fingerprint density at radius 2 is 1.47 bits per heavy atom. The standard InChI is InChI=1S/C30H23F6N3O3.O2S/c1-16-12-20(4-5-22(16)15-40)21-8-11-25(39-17(2)13-26(38-39)29(31,32)33)24(14-21)27-28(41-18(3)37-27)19-6-9-23(10-7-19)42-30(34,35)36;1-3-2/h4-14,40H,15H2,1-3H3;. The van der Waals surface area contributed by atoms with Crippen LogP contribution in [0.1, 0.15) is 28.4 Å². The number of aryl methyl sites for hydroxylation is 3. The number of rotatable bonds is 6. The predicted molar refractivity (Wildman–Crippen MR) is 151 cm³/mol.